The maximum absolute atomic E-state index is 12.1. The largest absolute Gasteiger partial charge is 0.481 e. The van der Waals surface area contributed by atoms with Crippen LogP contribution in [-0.4, -0.2) is 64.4 Å². The Labute approximate surface area is 138 Å². The number of carbonyl (C=O) groups excluding carboxylic acids is 2. The van der Waals surface area contributed by atoms with Crippen molar-refractivity contribution in [2.45, 2.75) is 43.8 Å². The zero-order valence-corrected chi connectivity index (χ0v) is 13.3. The van der Waals surface area contributed by atoms with Crippen molar-refractivity contribution in [1.29, 1.82) is 0 Å². The molecular formula is C13H21N3O6S. The molecular weight excluding hydrogens is 326 g/mol. The van der Waals surface area contributed by atoms with Crippen LogP contribution in [0.15, 0.2) is 0 Å². The Hall–Kier alpha value is -1.81. The first-order valence-electron chi connectivity index (χ1n) is 7.24. The Morgan fingerprint density at radius 1 is 1.17 bits per heavy atom. The number of rotatable bonds is 9. The minimum atomic E-state index is -1.26. The summed E-state index contributed by atoms with van der Waals surface area (Å²) >= 11 is 3.84. The summed E-state index contributed by atoms with van der Waals surface area (Å²) in [7, 11) is 0. The number of nitrogens with one attached hydrogen (secondary N) is 3. The van der Waals surface area contributed by atoms with Crippen LogP contribution < -0.4 is 16.0 Å². The summed E-state index contributed by atoms with van der Waals surface area (Å²) in [4.78, 5) is 45.8. The molecule has 3 atom stereocenters. The molecule has 0 aromatic carbocycles. The van der Waals surface area contributed by atoms with Gasteiger partial charge in [-0.2, -0.15) is 12.6 Å². The van der Waals surface area contributed by atoms with Crippen molar-refractivity contribution < 1.29 is 29.4 Å². The summed E-state index contributed by atoms with van der Waals surface area (Å²) in [6.07, 6.45) is 1.02. The monoisotopic (exact) mass is 347 g/mol. The third-order valence-electron chi connectivity index (χ3n) is 3.45. The van der Waals surface area contributed by atoms with Gasteiger partial charge in [-0.25, -0.2) is 4.79 Å². The van der Waals surface area contributed by atoms with Gasteiger partial charge in [-0.1, -0.05) is 0 Å². The molecule has 0 aliphatic carbocycles. The summed E-state index contributed by atoms with van der Waals surface area (Å²) < 4.78 is 0. The molecule has 130 valence electrons. The smallest absolute Gasteiger partial charge is 0.327 e. The summed E-state index contributed by atoms with van der Waals surface area (Å²) in [6, 6.07) is -2.74. The number of hydrogen-bond donors (Lipinski definition) is 6. The number of amides is 2. The highest BCUT2D eigenvalue weighted by Gasteiger charge is 2.29. The van der Waals surface area contributed by atoms with E-state index in [-0.39, 0.29) is 18.6 Å². The van der Waals surface area contributed by atoms with Crippen LogP contribution >= 0.6 is 12.6 Å². The fourth-order valence-electron chi connectivity index (χ4n) is 2.18. The van der Waals surface area contributed by atoms with E-state index in [1.54, 1.807) is 0 Å². The van der Waals surface area contributed by atoms with Crippen LogP contribution in [0.3, 0.4) is 0 Å². The first kappa shape index (κ1) is 19.2. The summed E-state index contributed by atoms with van der Waals surface area (Å²) in [5.41, 5.74) is 0. The van der Waals surface area contributed by atoms with Gasteiger partial charge in [-0.05, 0) is 25.8 Å². The summed E-state index contributed by atoms with van der Waals surface area (Å²) in [5.74, 6) is -3.62. The van der Waals surface area contributed by atoms with Crippen LogP contribution in [0, 0.1) is 0 Å². The topological polar surface area (TPSA) is 145 Å². The van der Waals surface area contributed by atoms with Crippen molar-refractivity contribution in [2.75, 3.05) is 12.3 Å². The SMILES string of the molecule is O=C(O)CCC(NC(=O)C1CCCN1)C(=O)NC(CS)C(=O)O. The molecule has 0 aromatic heterocycles. The fraction of sp³-hybridized carbons (Fsp3) is 0.692. The zero-order valence-electron chi connectivity index (χ0n) is 12.4. The molecule has 1 saturated heterocycles. The van der Waals surface area contributed by atoms with E-state index in [2.05, 4.69) is 28.6 Å². The molecule has 3 unspecified atom stereocenters. The molecule has 1 aliphatic heterocycles. The Kier molecular flexibility index (Phi) is 7.83. The standard InChI is InChI=1S/C13H21N3O6S/c17-10(18)4-3-8(12(20)16-9(6-23)13(21)22)15-11(19)7-2-1-5-14-7/h7-9,14,23H,1-6H2,(H,15,19)(H,16,20)(H,17,18)(H,21,22). The predicted octanol–water partition coefficient (Wildman–Crippen LogP) is -1.41. The molecule has 1 heterocycles. The van der Waals surface area contributed by atoms with Crippen molar-refractivity contribution in [1.82, 2.24) is 16.0 Å². The van der Waals surface area contributed by atoms with Gasteiger partial charge in [-0.15, -0.1) is 0 Å². The average Bonchev–Trinajstić information content (AvgIpc) is 3.02. The lowest BCUT2D eigenvalue weighted by Gasteiger charge is -2.22. The second-order valence-corrected chi connectivity index (χ2v) is 5.59. The van der Waals surface area contributed by atoms with Crippen LogP contribution in [0.25, 0.3) is 0 Å². The molecule has 0 spiro atoms. The molecule has 0 aromatic rings. The molecule has 1 fully saturated rings. The van der Waals surface area contributed by atoms with Gasteiger partial charge in [-0.3, -0.25) is 14.4 Å². The first-order valence-corrected chi connectivity index (χ1v) is 7.88. The van der Waals surface area contributed by atoms with E-state index < -0.39 is 41.9 Å². The second kappa shape index (κ2) is 9.36. The number of carboxylic acid groups (broad SMARTS) is 2. The summed E-state index contributed by atoms with van der Waals surface area (Å²) in [6.45, 7) is 0.699. The van der Waals surface area contributed by atoms with Crippen LogP contribution in [0.2, 0.25) is 0 Å². The van der Waals surface area contributed by atoms with Crippen LogP contribution in [0.1, 0.15) is 25.7 Å². The van der Waals surface area contributed by atoms with E-state index in [0.29, 0.717) is 13.0 Å². The fourth-order valence-corrected chi connectivity index (χ4v) is 2.42. The Morgan fingerprint density at radius 3 is 2.35 bits per heavy atom. The van der Waals surface area contributed by atoms with Crippen molar-refractivity contribution in [3.63, 3.8) is 0 Å². The Morgan fingerprint density at radius 2 is 1.87 bits per heavy atom. The van der Waals surface area contributed by atoms with Crippen LogP contribution in [0.5, 0.6) is 0 Å². The zero-order chi connectivity index (χ0) is 17.4. The molecule has 1 rings (SSSR count). The number of hydrogen-bond acceptors (Lipinski definition) is 6. The highest BCUT2D eigenvalue weighted by molar-refractivity contribution is 7.80. The van der Waals surface area contributed by atoms with Gasteiger partial charge in [0.2, 0.25) is 11.8 Å². The van der Waals surface area contributed by atoms with E-state index in [9.17, 15) is 19.2 Å². The van der Waals surface area contributed by atoms with E-state index >= 15 is 0 Å². The Balaban J connectivity index is 2.69. The molecule has 1 aliphatic rings. The van der Waals surface area contributed by atoms with Gasteiger partial charge in [0.15, 0.2) is 0 Å². The maximum Gasteiger partial charge on any atom is 0.327 e. The molecule has 0 radical (unpaired) electrons. The van der Waals surface area contributed by atoms with Gasteiger partial charge in [0.05, 0.1) is 6.04 Å². The van der Waals surface area contributed by atoms with Gasteiger partial charge in [0.25, 0.3) is 0 Å². The minimum absolute atomic E-state index is 0.120. The van der Waals surface area contributed by atoms with Crippen molar-refractivity contribution in [3.05, 3.63) is 0 Å². The van der Waals surface area contributed by atoms with Gasteiger partial charge in [0.1, 0.15) is 12.1 Å². The average molecular weight is 347 g/mol. The Bertz CT molecular complexity index is 467. The first-order chi connectivity index (χ1) is 10.8. The maximum atomic E-state index is 12.1. The molecule has 0 bridgehead atoms. The van der Waals surface area contributed by atoms with E-state index in [1.165, 1.54) is 0 Å². The molecule has 5 N–H and O–H groups in total. The number of aliphatic carboxylic acids is 2. The molecule has 0 saturated carbocycles. The molecule has 9 nitrogen and oxygen atoms in total. The summed E-state index contributed by atoms with van der Waals surface area (Å²) in [5, 5.41) is 25.4. The predicted molar refractivity (Wildman–Crippen MR) is 83.2 cm³/mol. The quantitative estimate of drug-likeness (QED) is 0.281. The third kappa shape index (κ3) is 6.45. The van der Waals surface area contributed by atoms with Crippen molar-refractivity contribution in [2.24, 2.45) is 0 Å². The van der Waals surface area contributed by atoms with Gasteiger partial charge < -0.3 is 26.2 Å². The van der Waals surface area contributed by atoms with E-state index in [0.717, 1.165) is 6.42 Å². The second-order valence-electron chi connectivity index (χ2n) is 5.22. The number of carbonyl (C=O) groups is 4. The molecule has 10 heteroatoms. The molecule has 23 heavy (non-hydrogen) atoms. The highest BCUT2D eigenvalue weighted by atomic mass is 32.1. The number of thiol groups is 1. The molecule has 2 amide bonds. The van der Waals surface area contributed by atoms with E-state index in [1.807, 2.05) is 0 Å². The van der Waals surface area contributed by atoms with Crippen molar-refractivity contribution >= 4 is 36.4 Å². The number of carboxylic acids is 2. The van der Waals surface area contributed by atoms with Crippen LogP contribution in [-0.2, 0) is 19.2 Å². The highest BCUT2D eigenvalue weighted by Crippen LogP contribution is 2.07. The van der Waals surface area contributed by atoms with Crippen molar-refractivity contribution in [3.8, 4) is 0 Å². The lowest BCUT2D eigenvalue weighted by Crippen LogP contribution is -2.54. The van der Waals surface area contributed by atoms with Gasteiger partial charge in [0, 0.05) is 12.2 Å². The van der Waals surface area contributed by atoms with E-state index in [4.69, 9.17) is 10.2 Å². The van der Waals surface area contributed by atoms with Crippen LogP contribution in [0.4, 0.5) is 0 Å². The normalized spacial score (nSPS) is 19.6. The van der Waals surface area contributed by atoms with Gasteiger partial charge >= 0.3 is 11.9 Å². The third-order valence-corrected chi connectivity index (χ3v) is 3.82. The lowest BCUT2D eigenvalue weighted by molar-refractivity contribution is -0.142. The lowest BCUT2D eigenvalue weighted by atomic mass is 10.1. The minimum Gasteiger partial charge on any atom is -0.481 e.